The van der Waals surface area contributed by atoms with Gasteiger partial charge in [-0.25, -0.2) is 14.8 Å². The first-order valence-corrected chi connectivity index (χ1v) is 5.93. The van der Waals surface area contributed by atoms with Crippen molar-refractivity contribution in [2.24, 2.45) is 0 Å². The van der Waals surface area contributed by atoms with E-state index in [0.29, 0.717) is 6.42 Å². The molecule has 1 unspecified atom stereocenters. The summed E-state index contributed by atoms with van der Waals surface area (Å²) in [4.78, 5) is 19.7. The fourth-order valence-electron chi connectivity index (χ4n) is 1.95. The number of nitrogens with one attached hydrogen (secondary N) is 1. The zero-order valence-electron chi connectivity index (χ0n) is 10.9. The van der Waals surface area contributed by atoms with Crippen LogP contribution in [-0.4, -0.2) is 27.7 Å². The molecule has 6 nitrogen and oxygen atoms in total. The van der Waals surface area contributed by atoms with E-state index in [4.69, 9.17) is 10.5 Å². The van der Waals surface area contributed by atoms with Gasteiger partial charge in [0.2, 0.25) is 5.95 Å². The van der Waals surface area contributed by atoms with E-state index in [9.17, 15) is 4.79 Å². The standard InChI is InChI=1S/C12H18N4O2/c1-12(2,3)18-11(17)15-8-4-7-6-14-10(13)16-9(7)5-8/h6,8H,4-5H2,1-3H3,(H,15,17)(H2,13,14,16). The number of rotatable bonds is 1. The lowest BCUT2D eigenvalue weighted by Gasteiger charge is -2.21. The number of fused-ring (bicyclic) bond motifs is 1. The number of nitrogen functional groups attached to an aromatic ring is 1. The van der Waals surface area contributed by atoms with E-state index in [1.807, 2.05) is 20.8 Å². The van der Waals surface area contributed by atoms with Crippen molar-refractivity contribution >= 4 is 12.0 Å². The van der Waals surface area contributed by atoms with Crippen LogP contribution in [-0.2, 0) is 17.6 Å². The average Bonchev–Trinajstić information content (AvgIpc) is 2.55. The number of aromatic nitrogens is 2. The fraction of sp³-hybridized carbons (Fsp3) is 0.583. The minimum atomic E-state index is -0.486. The molecule has 0 bridgehead atoms. The third-order valence-corrected chi connectivity index (χ3v) is 2.60. The molecule has 1 aromatic rings. The number of ether oxygens (including phenoxy) is 1. The largest absolute Gasteiger partial charge is 0.444 e. The molecule has 1 amide bonds. The van der Waals surface area contributed by atoms with Crippen LogP contribution >= 0.6 is 0 Å². The van der Waals surface area contributed by atoms with E-state index < -0.39 is 11.7 Å². The topological polar surface area (TPSA) is 90.1 Å². The second kappa shape index (κ2) is 4.44. The zero-order chi connectivity index (χ0) is 13.3. The van der Waals surface area contributed by atoms with Crippen molar-refractivity contribution in [2.45, 2.75) is 45.3 Å². The second-order valence-electron chi connectivity index (χ2n) is 5.45. The van der Waals surface area contributed by atoms with Crippen molar-refractivity contribution in [3.63, 3.8) is 0 Å². The van der Waals surface area contributed by atoms with E-state index in [0.717, 1.165) is 17.7 Å². The second-order valence-corrected chi connectivity index (χ2v) is 5.45. The Morgan fingerprint density at radius 2 is 2.22 bits per heavy atom. The molecule has 3 N–H and O–H groups in total. The summed E-state index contributed by atoms with van der Waals surface area (Å²) in [6, 6.07) is 0.00551. The molecular weight excluding hydrogens is 232 g/mol. The number of hydrogen-bond donors (Lipinski definition) is 2. The molecule has 0 radical (unpaired) electrons. The Morgan fingerprint density at radius 1 is 1.50 bits per heavy atom. The maximum Gasteiger partial charge on any atom is 0.407 e. The van der Waals surface area contributed by atoms with Crippen LogP contribution in [0.25, 0.3) is 0 Å². The maximum atomic E-state index is 11.6. The number of anilines is 1. The summed E-state index contributed by atoms with van der Waals surface area (Å²) in [6.45, 7) is 5.51. The first-order valence-electron chi connectivity index (χ1n) is 5.93. The Morgan fingerprint density at radius 3 is 2.89 bits per heavy atom. The average molecular weight is 250 g/mol. The molecule has 1 aromatic heterocycles. The van der Waals surface area contributed by atoms with Gasteiger partial charge in [0.15, 0.2) is 0 Å². The van der Waals surface area contributed by atoms with Gasteiger partial charge < -0.3 is 15.8 Å². The highest BCUT2D eigenvalue weighted by Crippen LogP contribution is 2.20. The van der Waals surface area contributed by atoms with Crippen LogP contribution in [0.3, 0.4) is 0 Å². The molecule has 18 heavy (non-hydrogen) atoms. The lowest BCUT2D eigenvalue weighted by Crippen LogP contribution is -2.39. The maximum absolute atomic E-state index is 11.6. The van der Waals surface area contributed by atoms with Crippen LogP contribution in [0.4, 0.5) is 10.7 Å². The molecule has 0 saturated heterocycles. The van der Waals surface area contributed by atoms with Gasteiger partial charge in [-0.3, -0.25) is 0 Å². The van der Waals surface area contributed by atoms with E-state index in [-0.39, 0.29) is 12.0 Å². The molecule has 2 rings (SSSR count). The highest BCUT2D eigenvalue weighted by atomic mass is 16.6. The minimum absolute atomic E-state index is 0.00551. The lowest BCUT2D eigenvalue weighted by atomic mass is 10.2. The van der Waals surface area contributed by atoms with Gasteiger partial charge in [-0.05, 0) is 32.8 Å². The molecule has 1 heterocycles. The highest BCUT2D eigenvalue weighted by Gasteiger charge is 2.26. The lowest BCUT2D eigenvalue weighted by molar-refractivity contribution is 0.0506. The Kier molecular flexibility index (Phi) is 3.11. The van der Waals surface area contributed by atoms with Crippen LogP contribution < -0.4 is 11.1 Å². The molecule has 0 aliphatic heterocycles. The summed E-state index contributed by atoms with van der Waals surface area (Å²) in [7, 11) is 0. The van der Waals surface area contributed by atoms with Gasteiger partial charge >= 0.3 is 6.09 Å². The molecule has 6 heteroatoms. The van der Waals surface area contributed by atoms with Gasteiger partial charge in [-0.15, -0.1) is 0 Å². The molecule has 98 valence electrons. The summed E-state index contributed by atoms with van der Waals surface area (Å²) in [5, 5.41) is 2.83. The van der Waals surface area contributed by atoms with Crippen LogP contribution in [0.5, 0.6) is 0 Å². The van der Waals surface area contributed by atoms with Crippen molar-refractivity contribution in [3.8, 4) is 0 Å². The van der Waals surface area contributed by atoms with Gasteiger partial charge in [0.05, 0.1) is 5.69 Å². The zero-order valence-corrected chi connectivity index (χ0v) is 10.9. The number of carbonyl (C=O) groups excluding carboxylic acids is 1. The molecule has 0 spiro atoms. The number of nitrogens with two attached hydrogens (primary N) is 1. The molecule has 0 fully saturated rings. The van der Waals surface area contributed by atoms with Gasteiger partial charge in [-0.1, -0.05) is 0 Å². The summed E-state index contributed by atoms with van der Waals surface area (Å²) in [5.74, 6) is 0.270. The predicted octanol–water partition coefficient (Wildman–Crippen LogP) is 1.05. The number of alkyl carbamates (subject to hydrolysis) is 1. The Hall–Kier alpha value is -1.85. The van der Waals surface area contributed by atoms with Gasteiger partial charge in [0.1, 0.15) is 5.60 Å². The summed E-state index contributed by atoms with van der Waals surface area (Å²) in [6.07, 6.45) is 2.70. The van der Waals surface area contributed by atoms with Crippen molar-refractivity contribution in [3.05, 3.63) is 17.5 Å². The highest BCUT2D eigenvalue weighted by molar-refractivity contribution is 5.68. The van der Waals surface area contributed by atoms with Gasteiger partial charge in [0.25, 0.3) is 0 Å². The smallest absolute Gasteiger partial charge is 0.407 e. The SMILES string of the molecule is CC(C)(C)OC(=O)NC1Cc2cnc(N)nc2C1. The minimum Gasteiger partial charge on any atom is -0.444 e. The number of hydrogen-bond acceptors (Lipinski definition) is 5. The van der Waals surface area contributed by atoms with E-state index >= 15 is 0 Å². The van der Waals surface area contributed by atoms with Gasteiger partial charge in [0, 0.05) is 18.7 Å². The molecule has 0 aromatic carbocycles. The first-order chi connectivity index (χ1) is 8.33. The van der Waals surface area contributed by atoms with Crippen molar-refractivity contribution in [1.82, 2.24) is 15.3 Å². The van der Waals surface area contributed by atoms with E-state index in [2.05, 4.69) is 15.3 Å². The third-order valence-electron chi connectivity index (χ3n) is 2.60. The van der Waals surface area contributed by atoms with Crippen LogP contribution in [0.1, 0.15) is 32.0 Å². The third kappa shape index (κ3) is 3.09. The molecule has 0 saturated carbocycles. The van der Waals surface area contributed by atoms with Crippen molar-refractivity contribution in [2.75, 3.05) is 5.73 Å². The number of nitrogens with zero attached hydrogens (tertiary/aromatic N) is 2. The monoisotopic (exact) mass is 250 g/mol. The first kappa shape index (κ1) is 12.6. The number of carbonyl (C=O) groups is 1. The van der Waals surface area contributed by atoms with Crippen LogP contribution in [0.2, 0.25) is 0 Å². The Balaban J connectivity index is 1.94. The van der Waals surface area contributed by atoms with Crippen LogP contribution in [0.15, 0.2) is 6.20 Å². The Bertz CT molecular complexity index is 468. The molecular formula is C12H18N4O2. The normalized spacial score (nSPS) is 18.3. The quantitative estimate of drug-likeness (QED) is 0.777. The van der Waals surface area contributed by atoms with E-state index in [1.54, 1.807) is 6.20 Å². The van der Waals surface area contributed by atoms with E-state index in [1.165, 1.54) is 0 Å². The fourth-order valence-corrected chi connectivity index (χ4v) is 1.95. The van der Waals surface area contributed by atoms with Gasteiger partial charge in [-0.2, -0.15) is 0 Å². The van der Waals surface area contributed by atoms with Crippen LogP contribution in [0, 0.1) is 0 Å². The van der Waals surface area contributed by atoms with Crippen molar-refractivity contribution in [1.29, 1.82) is 0 Å². The Labute approximate surface area is 106 Å². The molecule has 1 aliphatic carbocycles. The molecule has 1 atom stereocenters. The van der Waals surface area contributed by atoms with Crippen molar-refractivity contribution < 1.29 is 9.53 Å². The number of amides is 1. The summed E-state index contributed by atoms with van der Waals surface area (Å²) < 4.78 is 5.21. The predicted molar refractivity (Wildman–Crippen MR) is 67.0 cm³/mol. The summed E-state index contributed by atoms with van der Waals surface area (Å²) in [5.41, 5.74) is 6.98. The molecule has 1 aliphatic rings. The summed E-state index contributed by atoms with van der Waals surface area (Å²) >= 11 is 0.